The fraction of sp³-hybridized carbons (Fsp3) is 0.318. The van der Waals surface area contributed by atoms with E-state index >= 15 is 0 Å². The van der Waals surface area contributed by atoms with Gasteiger partial charge in [0.1, 0.15) is 5.82 Å². The molecule has 0 spiro atoms. The van der Waals surface area contributed by atoms with E-state index in [1.165, 1.54) is 32.5 Å². The number of hydrogen-bond acceptors (Lipinski definition) is 8. The van der Waals surface area contributed by atoms with Crippen molar-refractivity contribution in [2.24, 2.45) is 0 Å². The Bertz CT molecular complexity index is 1200. The highest BCUT2D eigenvalue weighted by Crippen LogP contribution is 2.40. The zero-order valence-corrected chi connectivity index (χ0v) is 18.2. The fourth-order valence-corrected chi connectivity index (χ4v) is 4.14. The van der Waals surface area contributed by atoms with Gasteiger partial charge in [0.15, 0.2) is 0 Å². The average Bonchev–Trinajstić information content (AvgIpc) is 2.77. The van der Waals surface area contributed by atoms with Gasteiger partial charge in [-0.2, -0.15) is 4.98 Å². The van der Waals surface area contributed by atoms with Crippen molar-refractivity contribution < 1.29 is 18.7 Å². The van der Waals surface area contributed by atoms with Gasteiger partial charge >= 0.3 is 6.01 Å². The minimum Gasteiger partial charge on any atom is -0.480 e. The molecule has 4 rings (SSSR count). The summed E-state index contributed by atoms with van der Waals surface area (Å²) in [7, 11) is 2.91. The van der Waals surface area contributed by atoms with Crippen LogP contribution < -0.4 is 15.2 Å². The average molecular weight is 438 g/mol. The number of fused-ring (bicyclic) bond motifs is 1. The molecule has 1 amide bonds. The molecule has 0 unspecified atom stereocenters. The molecule has 0 radical (unpaired) electrons. The molecule has 0 aliphatic carbocycles. The minimum absolute atomic E-state index is 0.113. The van der Waals surface area contributed by atoms with Crippen molar-refractivity contribution in [1.82, 2.24) is 24.8 Å². The second kappa shape index (κ2) is 8.37. The lowest BCUT2D eigenvalue weighted by Crippen LogP contribution is -2.41. The van der Waals surface area contributed by atoms with Gasteiger partial charge in [-0.05, 0) is 37.1 Å². The van der Waals surface area contributed by atoms with Crippen molar-refractivity contribution in [2.45, 2.75) is 26.3 Å². The predicted octanol–water partition coefficient (Wildman–Crippen LogP) is 2.74. The number of amides is 1. The molecule has 1 aliphatic heterocycles. The molecule has 166 valence electrons. The monoisotopic (exact) mass is 438 g/mol. The van der Waals surface area contributed by atoms with E-state index in [4.69, 9.17) is 15.2 Å². The molecule has 0 bridgehead atoms. The Balaban J connectivity index is 1.90. The molecular weight excluding hydrogens is 415 g/mol. The van der Waals surface area contributed by atoms with Crippen LogP contribution in [-0.4, -0.2) is 51.5 Å². The molecule has 1 aromatic carbocycles. The first-order valence-corrected chi connectivity index (χ1v) is 10.1. The summed E-state index contributed by atoms with van der Waals surface area (Å²) in [6.45, 7) is 4.08. The van der Waals surface area contributed by atoms with E-state index in [0.717, 1.165) is 0 Å². The maximum Gasteiger partial charge on any atom is 0.319 e. The molecule has 3 heterocycles. The predicted molar refractivity (Wildman–Crippen MR) is 115 cm³/mol. The van der Waals surface area contributed by atoms with Crippen molar-refractivity contribution >= 4 is 11.9 Å². The molecule has 1 atom stereocenters. The van der Waals surface area contributed by atoms with Gasteiger partial charge in [-0.15, -0.1) is 0 Å². The number of nitrogen functional groups attached to an aromatic ring is 1. The summed E-state index contributed by atoms with van der Waals surface area (Å²) in [4.78, 5) is 31.9. The van der Waals surface area contributed by atoms with Crippen molar-refractivity contribution in [3.8, 4) is 23.0 Å². The van der Waals surface area contributed by atoms with E-state index in [0.29, 0.717) is 46.6 Å². The summed E-state index contributed by atoms with van der Waals surface area (Å²) in [6.07, 6.45) is 1.92. The van der Waals surface area contributed by atoms with E-state index in [9.17, 15) is 9.18 Å². The zero-order valence-electron chi connectivity index (χ0n) is 18.2. The second-order valence-electron chi connectivity index (χ2n) is 7.31. The second-order valence-corrected chi connectivity index (χ2v) is 7.31. The first-order valence-electron chi connectivity index (χ1n) is 10.1. The first-order chi connectivity index (χ1) is 15.4. The molecule has 32 heavy (non-hydrogen) atoms. The molecule has 1 aliphatic rings. The summed E-state index contributed by atoms with van der Waals surface area (Å²) in [5, 5.41) is 0. The van der Waals surface area contributed by atoms with Crippen LogP contribution in [0.3, 0.4) is 0 Å². The SMILES string of the molecule is CCN1C(=O)c2c(C)nc(N)nc2C[C@@H]1c1ccc(F)cc1-c1cnc(OC)nc1OC. The molecule has 0 saturated carbocycles. The van der Waals surface area contributed by atoms with Gasteiger partial charge in [-0.1, -0.05) is 6.07 Å². The number of aromatic nitrogens is 4. The van der Waals surface area contributed by atoms with Crippen LogP contribution in [0.4, 0.5) is 10.3 Å². The number of anilines is 1. The smallest absolute Gasteiger partial charge is 0.319 e. The zero-order chi connectivity index (χ0) is 23.0. The summed E-state index contributed by atoms with van der Waals surface area (Å²) < 4.78 is 24.8. The summed E-state index contributed by atoms with van der Waals surface area (Å²) >= 11 is 0. The Morgan fingerprint density at radius 2 is 1.97 bits per heavy atom. The molecular formula is C22H23FN6O3. The highest BCUT2D eigenvalue weighted by molar-refractivity contribution is 5.98. The summed E-state index contributed by atoms with van der Waals surface area (Å²) in [5.41, 5.74) is 9.14. The number of methoxy groups -OCH3 is 2. The number of nitrogens with two attached hydrogens (primary N) is 1. The Kier molecular flexibility index (Phi) is 5.60. The van der Waals surface area contributed by atoms with Crippen molar-refractivity contribution in [3.63, 3.8) is 0 Å². The van der Waals surface area contributed by atoms with E-state index in [1.54, 1.807) is 17.9 Å². The van der Waals surface area contributed by atoms with Gasteiger partial charge in [-0.25, -0.2) is 19.3 Å². The summed E-state index contributed by atoms with van der Waals surface area (Å²) in [6, 6.07) is 4.14. The van der Waals surface area contributed by atoms with Crippen LogP contribution in [0.1, 0.15) is 40.3 Å². The third-order valence-electron chi connectivity index (χ3n) is 5.53. The number of benzene rings is 1. The van der Waals surface area contributed by atoms with Crippen LogP contribution in [0, 0.1) is 12.7 Å². The van der Waals surface area contributed by atoms with Crippen LogP contribution in [-0.2, 0) is 6.42 Å². The lowest BCUT2D eigenvalue weighted by atomic mass is 9.87. The minimum atomic E-state index is -0.436. The number of likely N-dealkylation sites (N-methyl/N-ethyl adjacent to an activating group) is 1. The van der Waals surface area contributed by atoms with Crippen LogP contribution in [0.2, 0.25) is 0 Å². The number of carbonyl (C=O) groups is 1. The fourth-order valence-electron chi connectivity index (χ4n) is 4.14. The lowest BCUT2D eigenvalue weighted by Gasteiger charge is -2.37. The third kappa shape index (κ3) is 3.57. The molecule has 2 N–H and O–H groups in total. The Morgan fingerprint density at radius 3 is 2.66 bits per heavy atom. The Morgan fingerprint density at radius 1 is 1.19 bits per heavy atom. The van der Waals surface area contributed by atoms with Crippen LogP contribution in [0.15, 0.2) is 24.4 Å². The Hall–Kier alpha value is -3.82. The largest absolute Gasteiger partial charge is 0.480 e. The maximum absolute atomic E-state index is 14.4. The number of halogens is 1. The number of hydrogen-bond donors (Lipinski definition) is 1. The number of aryl methyl sites for hydroxylation is 1. The van der Waals surface area contributed by atoms with Crippen molar-refractivity contribution in [3.05, 3.63) is 52.7 Å². The van der Waals surface area contributed by atoms with Gasteiger partial charge in [0.2, 0.25) is 11.8 Å². The highest BCUT2D eigenvalue weighted by Gasteiger charge is 2.36. The maximum atomic E-state index is 14.4. The number of rotatable bonds is 5. The molecule has 0 saturated heterocycles. The van der Waals surface area contributed by atoms with Gasteiger partial charge in [0.25, 0.3) is 5.91 Å². The van der Waals surface area contributed by atoms with Crippen LogP contribution in [0.5, 0.6) is 11.9 Å². The van der Waals surface area contributed by atoms with Crippen molar-refractivity contribution in [1.29, 1.82) is 0 Å². The number of carbonyl (C=O) groups excluding carboxylic acids is 1. The van der Waals surface area contributed by atoms with Gasteiger partial charge in [0.05, 0.1) is 42.8 Å². The van der Waals surface area contributed by atoms with E-state index in [1.807, 2.05) is 6.92 Å². The molecule has 9 nitrogen and oxygen atoms in total. The lowest BCUT2D eigenvalue weighted by molar-refractivity contribution is 0.0656. The molecule has 3 aromatic rings. The topological polar surface area (TPSA) is 116 Å². The number of nitrogens with zero attached hydrogens (tertiary/aromatic N) is 5. The summed E-state index contributed by atoms with van der Waals surface area (Å²) in [5.74, 6) is -0.280. The normalized spacial score (nSPS) is 15.5. The van der Waals surface area contributed by atoms with E-state index in [2.05, 4.69) is 19.9 Å². The van der Waals surface area contributed by atoms with Crippen LogP contribution >= 0.6 is 0 Å². The molecule has 2 aromatic heterocycles. The molecule has 0 fully saturated rings. The van der Waals surface area contributed by atoms with Crippen molar-refractivity contribution in [2.75, 3.05) is 26.5 Å². The van der Waals surface area contributed by atoms with Crippen LogP contribution in [0.25, 0.3) is 11.1 Å². The quantitative estimate of drug-likeness (QED) is 0.646. The van der Waals surface area contributed by atoms with Gasteiger partial charge < -0.3 is 20.1 Å². The Labute approximate surface area is 184 Å². The van der Waals surface area contributed by atoms with E-state index < -0.39 is 11.9 Å². The number of ether oxygens (including phenoxy) is 2. The van der Waals surface area contributed by atoms with Gasteiger partial charge in [0, 0.05) is 19.2 Å². The van der Waals surface area contributed by atoms with Gasteiger partial charge in [-0.3, -0.25) is 4.79 Å². The molecule has 10 heteroatoms. The third-order valence-corrected chi connectivity index (χ3v) is 5.53. The standard InChI is InChI=1S/C22H23FN6O3/c1-5-29-17(9-16-18(20(29)30)11(2)26-21(24)27-16)13-7-6-12(23)8-14(13)15-10-25-22(32-4)28-19(15)31-3/h6-8,10,17H,5,9H2,1-4H3,(H2,24,26,27)/t17-/m1/s1. The highest BCUT2D eigenvalue weighted by atomic mass is 19.1. The first kappa shape index (κ1) is 21.4. The van der Waals surface area contributed by atoms with E-state index in [-0.39, 0.29) is 23.7 Å².